The Balaban J connectivity index is 2.34. The van der Waals surface area contributed by atoms with E-state index in [0.29, 0.717) is 5.56 Å². The third-order valence-electron chi connectivity index (χ3n) is 2.35. The first kappa shape index (κ1) is 12.5. The number of aliphatic hydroxyl groups excluding tert-OH is 1. The van der Waals surface area contributed by atoms with Crippen LogP contribution in [0.4, 0.5) is 5.82 Å². The Labute approximate surface area is 105 Å². The summed E-state index contributed by atoms with van der Waals surface area (Å²) in [5.41, 5.74) is 0.428. The number of hydrogen-bond acceptors (Lipinski definition) is 4. The van der Waals surface area contributed by atoms with Crippen molar-refractivity contribution < 1.29 is 13.5 Å². The minimum absolute atomic E-state index is 0.142. The molecule has 0 aliphatic rings. The van der Waals surface area contributed by atoms with Crippen LogP contribution in [0.3, 0.4) is 0 Å². The largest absolute Gasteiger partial charge is 0.392 e. The van der Waals surface area contributed by atoms with E-state index in [1.54, 1.807) is 30.3 Å². The first-order chi connectivity index (χ1) is 8.63. The van der Waals surface area contributed by atoms with E-state index in [9.17, 15) is 8.42 Å². The van der Waals surface area contributed by atoms with Gasteiger partial charge in [-0.15, -0.1) is 0 Å². The van der Waals surface area contributed by atoms with Gasteiger partial charge < -0.3 is 5.11 Å². The molecule has 0 aliphatic carbocycles. The zero-order valence-corrected chi connectivity index (χ0v) is 10.3. The van der Waals surface area contributed by atoms with Crippen LogP contribution in [0.5, 0.6) is 0 Å². The molecule has 0 spiro atoms. The number of nitrogens with zero attached hydrogens (tertiary/aromatic N) is 1. The second kappa shape index (κ2) is 5.16. The van der Waals surface area contributed by atoms with Gasteiger partial charge in [0.15, 0.2) is 0 Å². The van der Waals surface area contributed by atoms with Gasteiger partial charge in [0.25, 0.3) is 10.0 Å². The minimum atomic E-state index is -3.67. The molecule has 6 heteroatoms. The number of pyridine rings is 1. The van der Waals surface area contributed by atoms with Crippen LogP contribution >= 0.6 is 0 Å². The summed E-state index contributed by atoms with van der Waals surface area (Å²) in [5.74, 6) is 0.142. The Hall–Kier alpha value is -1.92. The number of rotatable bonds is 4. The minimum Gasteiger partial charge on any atom is -0.392 e. The monoisotopic (exact) mass is 264 g/mol. The van der Waals surface area contributed by atoms with E-state index in [1.807, 2.05) is 0 Å². The Morgan fingerprint density at radius 2 is 1.83 bits per heavy atom. The van der Waals surface area contributed by atoms with Crippen molar-refractivity contribution in [2.24, 2.45) is 0 Å². The Morgan fingerprint density at radius 1 is 1.11 bits per heavy atom. The lowest BCUT2D eigenvalue weighted by Crippen LogP contribution is -2.15. The van der Waals surface area contributed by atoms with E-state index < -0.39 is 10.0 Å². The van der Waals surface area contributed by atoms with Crippen molar-refractivity contribution in [2.75, 3.05) is 4.72 Å². The fraction of sp³-hybridized carbons (Fsp3) is 0.0833. The molecular weight excluding hydrogens is 252 g/mol. The number of aromatic nitrogens is 1. The lowest BCUT2D eigenvalue weighted by molar-refractivity contribution is 0.282. The number of aliphatic hydroxyl groups is 1. The Kier molecular flexibility index (Phi) is 3.59. The van der Waals surface area contributed by atoms with E-state index >= 15 is 0 Å². The van der Waals surface area contributed by atoms with Gasteiger partial charge in [-0.3, -0.25) is 4.72 Å². The fourth-order valence-corrected chi connectivity index (χ4v) is 2.52. The van der Waals surface area contributed by atoms with E-state index in [0.717, 1.165) is 0 Å². The average Bonchev–Trinajstić information content (AvgIpc) is 2.40. The molecule has 0 bridgehead atoms. The maximum Gasteiger partial charge on any atom is 0.263 e. The molecule has 0 unspecified atom stereocenters. The molecule has 1 heterocycles. The molecule has 2 rings (SSSR count). The first-order valence-electron chi connectivity index (χ1n) is 5.26. The van der Waals surface area contributed by atoms with Gasteiger partial charge in [0.2, 0.25) is 0 Å². The molecule has 18 heavy (non-hydrogen) atoms. The van der Waals surface area contributed by atoms with Gasteiger partial charge in [-0.25, -0.2) is 13.4 Å². The van der Waals surface area contributed by atoms with Crippen LogP contribution in [0, 0.1) is 0 Å². The van der Waals surface area contributed by atoms with Crippen LogP contribution in [-0.2, 0) is 16.6 Å². The Bertz CT molecular complexity index is 627. The van der Waals surface area contributed by atoms with Crippen molar-refractivity contribution >= 4 is 15.8 Å². The second-order valence-electron chi connectivity index (χ2n) is 3.59. The molecule has 0 fully saturated rings. The van der Waals surface area contributed by atoms with Crippen LogP contribution in [-0.4, -0.2) is 18.5 Å². The van der Waals surface area contributed by atoms with Gasteiger partial charge in [0.05, 0.1) is 11.5 Å². The lowest BCUT2D eigenvalue weighted by Gasteiger charge is -2.09. The highest BCUT2D eigenvalue weighted by molar-refractivity contribution is 7.92. The van der Waals surface area contributed by atoms with Gasteiger partial charge in [-0.05, 0) is 18.2 Å². The van der Waals surface area contributed by atoms with Crippen molar-refractivity contribution in [3.63, 3.8) is 0 Å². The lowest BCUT2D eigenvalue weighted by atomic mass is 10.3. The van der Waals surface area contributed by atoms with Crippen LogP contribution in [0.15, 0.2) is 53.6 Å². The van der Waals surface area contributed by atoms with Crippen LogP contribution in [0.1, 0.15) is 5.56 Å². The SMILES string of the molecule is O=S(=O)(Nc1ncccc1CO)c1ccccc1. The average molecular weight is 264 g/mol. The highest BCUT2D eigenvalue weighted by atomic mass is 32.2. The fourth-order valence-electron chi connectivity index (χ4n) is 1.44. The van der Waals surface area contributed by atoms with Crippen molar-refractivity contribution in [2.45, 2.75) is 11.5 Å². The molecule has 0 radical (unpaired) electrons. The van der Waals surface area contributed by atoms with Gasteiger partial charge in [0, 0.05) is 11.8 Å². The zero-order valence-electron chi connectivity index (χ0n) is 9.45. The predicted octanol–water partition coefficient (Wildman–Crippen LogP) is 1.37. The zero-order chi connectivity index (χ0) is 13.0. The van der Waals surface area contributed by atoms with E-state index in [4.69, 9.17) is 5.11 Å². The molecule has 1 aromatic carbocycles. The summed E-state index contributed by atoms with van der Waals surface area (Å²) >= 11 is 0. The van der Waals surface area contributed by atoms with Gasteiger partial charge in [-0.2, -0.15) is 0 Å². The molecular formula is C12H12N2O3S. The summed E-state index contributed by atoms with van der Waals surface area (Å²) in [4.78, 5) is 4.06. The molecule has 5 nitrogen and oxygen atoms in total. The molecule has 1 aromatic heterocycles. The van der Waals surface area contributed by atoms with E-state index in [1.165, 1.54) is 18.3 Å². The maximum absolute atomic E-state index is 12.0. The molecule has 0 saturated carbocycles. The highest BCUT2D eigenvalue weighted by Gasteiger charge is 2.15. The summed E-state index contributed by atoms with van der Waals surface area (Å²) in [6.45, 7) is -0.277. The van der Waals surface area contributed by atoms with Crippen molar-refractivity contribution in [1.29, 1.82) is 0 Å². The first-order valence-corrected chi connectivity index (χ1v) is 6.74. The van der Waals surface area contributed by atoms with Crippen molar-refractivity contribution in [3.8, 4) is 0 Å². The van der Waals surface area contributed by atoms with Crippen LogP contribution in [0.2, 0.25) is 0 Å². The smallest absolute Gasteiger partial charge is 0.263 e. The second-order valence-corrected chi connectivity index (χ2v) is 5.27. The number of anilines is 1. The summed E-state index contributed by atoms with van der Waals surface area (Å²) in [6.07, 6.45) is 1.46. The summed E-state index contributed by atoms with van der Waals surface area (Å²) in [7, 11) is -3.67. The molecule has 2 aromatic rings. The van der Waals surface area contributed by atoms with E-state index in [-0.39, 0.29) is 17.3 Å². The van der Waals surface area contributed by atoms with E-state index in [2.05, 4.69) is 9.71 Å². The Morgan fingerprint density at radius 3 is 2.50 bits per heavy atom. The molecule has 2 N–H and O–H groups in total. The van der Waals surface area contributed by atoms with Gasteiger partial charge in [-0.1, -0.05) is 24.3 Å². The number of hydrogen-bond donors (Lipinski definition) is 2. The van der Waals surface area contributed by atoms with Gasteiger partial charge >= 0.3 is 0 Å². The molecule has 0 atom stereocenters. The quantitative estimate of drug-likeness (QED) is 0.874. The van der Waals surface area contributed by atoms with Crippen molar-refractivity contribution in [1.82, 2.24) is 4.98 Å². The normalized spacial score (nSPS) is 11.2. The summed E-state index contributed by atoms with van der Waals surface area (Å²) in [5, 5.41) is 9.11. The topological polar surface area (TPSA) is 79.3 Å². The highest BCUT2D eigenvalue weighted by Crippen LogP contribution is 2.17. The molecule has 0 saturated heterocycles. The summed E-state index contributed by atoms with van der Waals surface area (Å²) < 4.78 is 26.4. The maximum atomic E-state index is 12.0. The molecule has 94 valence electrons. The van der Waals surface area contributed by atoms with Crippen LogP contribution in [0.25, 0.3) is 0 Å². The number of nitrogens with one attached hydrogen (secondary N) is 1. The third kappa shape index (κ3) is 2.66. The van der Waals surface area contributed by atoms with Crippen LogP contribution < -0.4 is 4.72 Å². The standard InChI is InChI=1S/C12H12N2O3S/c15-9-10-5-4-8-13-12(10)14-18(16,17)11-6-2-1-3-7-11/h1-8,15H,9H2,(H,13,14). The predicted molar refractivity (Wildman–Crippen MR) is 67.4 cm³/mol. The number of benzene rings is 1. The number of sulfonamides is 1. The van der Waals surface area contributed by atoms with Crippen molar-refractivity contribution in [3.05, 3.63) is 54.2 Å². The van der Waals surface area contributed by atoms with Gasteiger partial charge in [0.1, 0.15) is 5.82 Å². The molecule has 0 amide bonds. The molecule has 0 aliphatic heterocycles. The third-order valence-corrected chi connectivity index (χ3v) is 3.70. The summed E-state index contributed by atoms with van der Waals surface area (Å²) in [6, 6.07) is 11.2.